The van der Waals surface area contributed by atoms with E-state index >= 15 is 0 Å². The Bertz CT molecular complexity index is 557. The van der Waals surface area contributed by atoms with Crippen molar-refractivity contribution in [3.05, 3.63) is 28.8 Å². The van der Waals surface area contributed by atoms with Crippen LogP contribution in [0.3, 0.4) is 0 Å². The van der Waals surface area contributed by atoms with E-state index in [1.54, 1.807) is 4.90 Å². The van der Waals surface area contributed by atoms with Gasteiger partial charge in [0, 0.05) is 31.9 Å². The summed E-state index contributed by atoms with van der Waals surface area (Å²) in [5.41, 5.74) is -0.685. The van der Waals surface area contributed by atoms with Gasteiger partial charge in [0.05, 0.1) is 17.1 Å². The fourth-order valence-corrected chi connectivity index (χ4v) is 2.68. The van der Waals surface area contributed by atoms with Crippen LogP contribution >= 0.6 is 11.6 Å². The number of alkyl halides is 3. The van der Waals surface area contributed by atoms with Crippen molar-refractivity contribution >= 4 is 23.2 Å². The van der Waals surface area contributed by atoms with Gasteiger partial charge in [0.15, 0.2) is 0 Å². The molecule has 0 saturated carbocycles. The summed E-state index contributed by atoms with van der Waals surface area (Å²) in [5.74, 6) is -0.121. The van der Waals surface area contributed by atoms with E-state index in [1.165, 1.54) is 12.1 Å². The highest BCUT2D eigenvalue weighted by atomic mass is 35.5. The molecule has 0 aliphatic carbocycles. The van der Waals surface area contributed by atoms with E-state index in [0.717, 1.165) is 25.7 Å². The third kappa shape index (κ3) is 4.75. The van der Waals surface area contributed by atoms with Gasteiger partial charge in [-0.1, -0.05) is 18.5 Å². The molecule has 0 bridgehead atoms. The first kappa shape index (κ1) is 17.9. The van der Waals surface area contributed by atoms with Gasteiger partial charge in [-0.25, -0.2) is 0 Å². The second-order valence-electron chi connectivity index (χ2n) is 5.36. The van der Waals surface area contributed by atoms with Crippen molar-refractivity contribution in [3.63, 3.8) is 0 Å². The Labute approximate surface area is 138 Å². The molecular weight excluding hydrogens is 331 g/mol. The zero-order chi connectivity index (χ0) is 17.0. The number of piperazine rings is 1. The molecule has 4 nitrogen and oxygen atoms in total. The van der Waals surface area contributed by atoms with E-state index in [0.29, 0.717) is 13.1 Å². The highest BCUT2D eigenvalue weighted by molar-refractivity contribution is 6.31. The van der Waals surface area contributed by atoms with E-state index in [2.05, 4.69) is 17.1 Å². The minimum atomic E-state index is -4.52. The first-order valence-corrected chi connectivity index (χ1v) is 7.80. The Morgan fingerprint density at radius 1 is 1.26 bits per heavy atom. The van der Waals surface area contributed by atoms with Crippen LogP contribution in [0.5, 0.6) is 0 Å². The molecular formula is C15H19ClF3N3O. The lowest BCUT2D eigenvalue weighted by Gasteiger charge is -2.34. The average molecular weight is 350 g/mol. The number of likely N-dealkylation sites (N-methyl/N-ethyl adjacent to an activating group) is 1. The normalized spacial score (nSPS) is 16.5. The number of anilines is 1. The van der Waals surface area contributed by atoms with Gasteiger partial charge in [-0.05, 0) is 24.7 Å². The molecule has 128 valence electrons. The number of nitrogens with one attached hydrogen (secondary N) is 1. The minimum Gasteiger partial charge on any atom is -0.376 e. The van der Waals surface area contributed by atoms with E-state index in [-0.39, 0.29) is 23.2 Å². The van der Waals surface area contributed by atoms with Gasteiger partial charge in [-0.15, -0.1) is 0 Å². The number of rotatable bonds is 4. The van der Waals surface area contributed by atoms with Gasteiger partial charge in [-0.2, -0.15) is 13.2 Å². The quantitative estimate of drug-likeness (QED) is 0.908. The zero-order valence-electron chi connectivity index (χ0n) is 12.8. The molecule has 0 atom stereocenters. The molecule has 0 unspecified atom stereocenters. The number of carbonyl (C=O) groups excluding carboxylic acids is 1. The van der Waals surface area contributed by atoms with Crippen LogP contribution in [0.4, 0.5) is 18.9 Å². The smallest absolute Gasteiger partial charge is 0.376 e. The molecule has 23 heavy (non-hydrogen) atoms. The van der Waals surface area contributed by atoms with Crippen molar-refractivity contribution in [1.29, 1.82) is 0 Å². The summed E-state index contributed by atoms with van der Waals surface area (Å²) in [5, 5.41) is 2.39. The number of amides is 1. The number of hydrogen-bond donors (Lipinski definition) is 1. The monoisotopic (exact) mass is 349 g/mol. The van der Waals surface area contributed by atoms with Gasteiger partial charge in [0.1, 0.15) is 0 Å². The lowest BCUT2D eigenvalue weighted by Crippen LogP contribution is -2.49. The third-order valence-electron chi connectivity index (χ3n) is 3.89. The Morgan fingerprint density at radius 3 is 2.48 bits per heavy atom. The van der Waals surface area contributed by atoms with E-state index in [9.17, 15) is 18.0 Å². The van der Waals surface area contributed by atoms with Crippen molar-refractivity contribution < 1.29 is 18.0 Å². The SMILES string of the molecule is CCN1CCN(C(=O)CNc2ccc(Cl)c(C(F)(F)F)c2)CC1. The van der Waals surface area contributed by atoms with E-state index in [4.69, 9.17) is 11.6 Å². The van der Waals surface area contributed by atoms with Gasteiger partial charge in [0.2, 0.25) is 5.91 Å². The topological polar surface area (TPSA) is 35.6 Å². The lowest BCUT2D eigenvalue weighted by atomic mass is 10.2. The summed E-state index contributed by atoms with van der Waals surface area (Å²) in [6.07, 6.45) is -4.52. The van der Waals surface area contributed by atoms with Crippen LogP contribution < -0.4 is 5.32 Å². The number of halogens is 4. The molecule has 1 aromatic carbocycles. The Morgan fingerprint density at radius 2 is 1.91 bits per heavy atom. The van der Waals surface area contributed by atoms with Crippen LogP contribution in [0.1, 0.15) is 12.5 Å². The summed E-state index contributed by atoms with van der Waals surface area (Å²) < 4.78 is 38.4. The Balaban J connectivity index is 1.92. The van der Waals surface area contributed by atoms with Crippen LogP contribution in [0.25, 0.3) is 0 Å². The molecule has 1 heterocycles. The molecule has 1 aromatic rings. The standard InChI is InChI=1S/C15H19ClF3N3O/c1-2-21-5-7-22(8-6-21)14(23)10-20-11-3-4-13(16)12(9-11)15(17,18)19/h3-4,9,20H,2,5-8,10H2,1H3. The highest BCUT2D eigenvalue weighted by Crippen LogP contribution is 2.36. The van der Waals surface area contributed by atoms with Crippen LogP contribution in [0.15, 0.2) is 18.2 Å². The summed E-state index contributed by atoms with van der Waals surface area (Å²) in [7, 11) is 0. The maximum Gasteiger partial charge on any atom is 0.417 e. The molecule has 1 aliphatic heterocycles. The summed E-state index contributed by atoms with van der Waals surface area (Å²) in [6, 6.07) is 3.53. The predicted octanol–water partition coefficient (Wildman–Crippen LogP) is 2.93. The molecule has 2 rings (SSSR count). The van der Waals surface area contributed by atoms with Crippen LogP contribution in [0, 0.1) is 0 Å². The van der Waals surface area contributed by atoms with Crippen molar-refractivity contribution in [2.75, 3.05) is 44.6 Å². The predicted molar refractivity (Wildman–Crippen MR) is 83.6 cm³/mol. The second kappa shape index (κ2) is 7.40. The maximum atomic E-state index is 12.8. The maximum absolute atomic E-state index is 12.8. The number of hydrogen-bond acceptors (Lipinski definition) is 3. The van der Waals surface area contributed by atoms with Gasteiger partial charge < -0.3 is 15.1 Å². The molecule has 1 amide bonds. The molecule has 1 N–H and O–H groups in total. The molecule has 0 radical (unpaired) electrons. The molecule has 1 aliphatic rings. The van der Waals surface area contributed by atoms with E-state index < -0.39 is 11.7 Å². The van der Waals surface area contributed by atoms with Crippen LogP contribution in [-0.4, -0.2) is 55.0 Å². The second-order valence-corrected chi connectivity index (χ2v) is 5.77. The van der Waals surface area contributed by atoms with E-state index in [1.807, 2.05) is 0 Å². The molecule has 0 aromatic heterocycles. The summed E-state index contributed by atoms with van der Waals surface area (Å²) >= 11 is 5.57. The number of nitrogens with zero attached hydrogens (tertiary/aromatic N) is 2. The molecule has 1 fully saturated rings. The van der Waals surface area contributed by atoms with Crippen LogP contribution in [-0.2, 0) is 11.0 Å². The highest BCUT2D eigenvalue weighted by Gasteiger charge is 2.33. The fourth-order valence-electron chi connectivity index (χ4n) is 2.46. The van der Waals surface area contributed by atoms with Gasteiger partial charge >= 0.3 is 6.18 Å². The zero-order valence-corrected chi connectivity index (χ0v) is 13.5. The van der Waals surface area contributed by atoms with Crippen molar-refractivity contribution in [1.82, 2.24) is 9.80 Å². The summed E-state index contributed by atoms with van der Waals surface area (Å²) in [4.78, 5) is 16.1. The molecule has 8 heteroatoms. The first-order valence-electron chi connectivity index (χ1n) is 7.42. The van der Waals surface area contributed by atoms with Crippen molar-refractivity contribution in [2.24, 2.45) is 0 Å². The lowest BCUT2D eigenvalue weighted by molar-refractivity contribution is -0.137. The van der Waals surface area contributed by atoms with Crippen molar-refractivity contribution in [3.8, 4) is 0 Å². The van der Waals surface area contributed by atoms with Crippen LogP contribution in [0.2, 0.25) is 5.02 Å². The fraction of sp³-hybridized carbons (Fsp3) is 0.533. The van der Waals surface area contributed by atoms with Gasteiger partial charge in [-0.3, -0.25) is 4.79 Å². The largest absolute Gasteiger partial charge is 0.417 e. The van der Waals surface area contributed by atoms with Crippen molar-refractivity contribution in [2.45, 2.75) is 13.1 Å². The first-order chi connectivity index (χ1) is 10.8. The summed E-state index contributed by atoms with van der Waals surface area (Å²) in [6.45, 7) is 5.91. The Kier molecular flexibility index (Phi) is 5.75. The van der Waals surface area contributed by atoms with Gasteiger partial charge in [0.25, 0.3) is 0 Å². The minimum absolute atomic E-state index is 0.0367. The average Bonchev–Trinajstić information content (AvgIpc) is 2.52. The number of benzene rings is 1. The molecule has 1 saturated heterocycles. The number of carbonyl (C=O) groups is 1. The third-order valence-corrected chi connectivity index (χ3v) is 4.22. The molecule has 0 spiro atoms. The Hall–Kier alpha value is -1.47.